The first-order valence-corrected chi connectivity index (χ1v) is 7.70. The summed E-state index contributed by atoms with van der Waals surface area (Å²) in [5, 5.41) is 0.573. The Labute approximate surface area is 133 Å². The minimum absolute atomic E-state index is 0.319. The summed E-state index contributed by atoms with van der Waals surface area (Å²) < 4.78 is 1.97. The van der Waals surface area contributed by atoms with Gasteiger partial charge < -0.3 is 0 Å². The van der Waals surface area contributed by atoms with Crippen molar-refractivity contribution in [2.45, 2.75) is 25.6 Å². The van der Waals surface area contributed by atoms with Gasteiger partial charge in [-0.25, -0.2) is 9.97 Å². The van der Waals surface area contributed by atoms with E-state index in [1.165, 1.54) is 5.56 Å². The molecule has 0 bridgehead atoms. The molecule has 1 aromatic carbocycles. The number of aromatic nitrogens is 3. The molecule has 0 aliphatic heterocycles. The summed E-state index contributed by atoms with van der Waals surface area (Å²) in [6.07, 6.45) is 1.63. The second kappa shape index (κ2) is 5.66. The maximum absolute atomic E-state index is 6.03. The lowest BCUT2D eigenvalue weighted by molar-refractivity contribution is 0.864. The van der Waals surface area contributed by atoms with Gasteiger partial charge in [-0.05, 0) is 29.7 Å². The van der Waals surface area contributed by atoms with Gasteiger partial charge in [0.2, 0.25) is 0 Å². The van der Waals surface area contributed by atoms with Crippen molar-refractivity contribution in [3.05, 3.63) is 52.9 Å². The van der Waals surface area contributed by atoms with Gasteiger partial charge in [-0.3, -0.25) is 4.57 Å². The van der Waals surface area contributed by atoms with Crippen LogP contribution in [0.3, 0.4) is 0 Å². The van der Waals surface area contributed by atoms with Gasteiger partial charge >= 0.3 is 0 Å². The predicted molar refractivity (Wildman–Crippen MR) is 87.5 cm³/mol. The molecular formula is C16H15Cl2N3. The van der Waals surface area contributed by atoms with Crippen LogP contribution >= 0.6 is 23.2 Å². The Morgan fingerprint density at radius 1 is 1.19 bits per heavy atom. The number of nitrogens with zero attached hydrogens (tertiary/aromatic N) is 3. The highest BCUT2D eigenvalue weighted by Crippen LogP contribution is 2.24. The summed E-state index contributed by atoms with van der Waals surface area (Å²) in [7, 11) is 0. The Hall–Kier alpha value is -1.58. The van der Waals surface area contributed by atoms with Crippen LogP contribution in [0.5, 0.6) is 0 Å². The quantitative estimate of drug-likeness (QED) is 0.640. The van der Waals surface area contributed by atoms with Crippen molar-refractivity contribution in [1.29, 1.82) is 0 Å². The second-order valence-electron chi connectivity index (χ2n) is 5.24. The van der Waals surface area contributed by atoms with E-state index >= 15 is 0 Å². The smallest absolute Gasteiger partial charge is 0.164 e. The molecule has 2 aromatic heterocycles. The summed E-state index contributed by atoms with van der Waals surface area (Å²) in [6.45, 7) is 4.35. The van der Waals surface area contributed by atoms with E-state index in [0.29, 0.717) is 16.8 Å². The zero-order chi connectivity index (χ0) is 15.0. The summed E-state index contributed by atoms with van der Waals surface area (Å²) in [4.78, 5) is 8.90. The highest BCUT2D eigenvalue weighted by molar-refractivity contribution is 6.31. The zero-order valence-electron chi connectivity index (χ0n) is 11.8. The fourth-order valence-corrected chi connectivity index (χ4v) is 2.69. The zero-order valence-corrected chi connectivity index (χ0v) is 13.4. The van der Waals surface area contributed by atoms with Crippen LogP contribution in [0, 0.1) is 0 Å². The van der Waals surface area contributed by atoms with Crippen molar-refractivity contribution in [2.24, 2.45) is 0 Å². The minimum Gasteiger partial charge on any atom is -0.280 e. The Morgan fingerprint density at radius 3 is 2.52 bits per heavy atom. The van der Waals surface area contributed by atoms with E-state index in [1.807, 2.05) is 4.57 Å². The van der Waals surface area contributed by atoms with Gasteiger partial charge in [-0.15, -0.1) is 11.6 Å². The van der Waals surface area contributed by atoms with Crippen molar-refractivity contribution in [3.8, 4) is 5.69 Å². The molecule has 0 unspecified atom stereocenters. The van der Waals surface area contributed by atoms with Crippen LogP contribution in [0.25, 0.3) is 16.9 Å². The van der Waals surface area contributed by atoms with Crippen molar-refractivity contribution in [2.75, 3.05) is 0 Å². The number of benzene rings is 1. The molecule has 0 atom stereocenters. The maximum atomic E-state index is 6.03. The largest absolute Gasteiger partial charge is 0.280 e. The van der Waals surface area contributed by atoms with E-state index in [4.69, 9.17) is 23.2 Å². The van der Waals surface area contributed by atoms with Crippen LogP contribution in [-0.2, 0) is 5.88 Å². The monoisotopic (exact) mass is 319 g/mol. The Bertz CT molecular complexity index is 776. The number of hydrogen-bond donors (Lipinski definition) is 0. The third-order valence-electron chi connectivity index (χ3n) is 3.47. The van der Waals surface area contributed by atoms with E-state index in [0.717, 1.165) is 22.7 Å². The van der Waals surface area contributed by atoms with E-state index in [-0.39, 0.29) is 0 Å². The van der Waals surface area contributed by atoms with Crippen molar-refractivity contribution < 1.29 is 0 Å². The van der Waals surface area contributed by atoms with Crippen LogP contribution in [0.4, 0.5) is 0 Å². The van der Waals surface area contributed by atoms with Crippen LogP contribution < -0.4 is 0 Å². The molecule has 0 aliphatic carbocycles. The molecule has 0 saturated heterocycles. The molecule has 0 fully saturated rings. The standard InChI is InChI=1S/C16H15Cl2N3/c1-10(2)11-3-5-13(6-4-11)21-15(8-17)20-14-7-12(18)9-19-16(14)21/h3-7,9-10H,8H2,1-2H3. The molecule has 108 valence electrons. The number of pyridine rings is 1. The molecule has 0 spiro atoms. The normalized spacial score (nSPS) is 11.5. The molecule has 0 saturated carbocycles. The Kier molecular flexibility index (Phi) is 3.87. The second-order valence-corrected chi connectivity index (χ2v) is 5.94. The van der Waals surface area contributed by atoms with Gasteiger partial charge in [0, 0.05) is 11.9 Å². The van der Waals surface area contributed by atoms with E-state index in [2.05, 4.69) is 48.1 Å². The van der Waals surface area contributed by atoms with Crippen LogP contribution in [0.1, 0.15) is 31.2 Å². The first-order valence-electron chi connectivity index (χ1n) is 6.79. The van der Waals surface area contributed by atoms with Gasteiger partial charge in [-0.1, -0.05) is 37.6 Å². The molecule has 3 nitrogen and oxygen atoms in total. The van der Waals surface area contributed by atoms with E-state index in [1.54, 1.807) is 12.3 Å². The fourth-order valence-electron chi connectivity index (χ4n) is 2.36. The molecule has 0 aliphatic rings. The maximum Gasteiger partial charge on any atom is 0.164 e. The number of halogens is 2. The van der Waals surface area contributed by atoms with Crippen LogP contribution in [0.15, 0.2) is 36.5 Å². The Balaban J connectivity index is 2.18. The number of fused-ring (bicyclic) bond motifs is 1. The van der Waals surface area contributed by atoms with Gasteiger partial charge in [0.1, 0.15) is 11.3 Å². The lowest BCUT2D eigenvalue weighted by atomic mass is 10.0. The van der Waals surface area contributed by atoms with E-state index < -0.39 is 0 Å². The van der Waals surface area contributed by atoms with Gasteiger partial charge in [0.15, 0.2) is 5.65 Å². The number of hydrogen-bond acceptors (Lipinski definition) is 2. The number of imidazole rings is 1. The minimum atomic E-state index is 0.319. The molecule has 3 aromatic rings. The molecular weight excluding hydrogens is 305 g/mol. The van der Waals surface area contributed by atoms with E-state index in [9.17, 15) is 0 Å². The number of rotatable bonds is 3. The molecule has 5 heteroatoms. The molecule has 3 rings (SSSR count). The lowest BCUT2D eigenvalue weighted by Crippen LogP contribution is -2.00. The predicted octanol–water partition coefficient (Wildman–Crippen LogP) is 4.94. The average Bonchev–Trinajstić information content (AvgIpc) is 2.84. The highest BCUT2D eigenvalue weighted by atomic mass is 35.5. The summed E-state index contributed by atoms with van der Waals surface area (Å²) in [5.74, 6) is 1.58. The van der Waals surface area contributed by atoms with Gasteiger partial charge in [-0.2, -0.15) is 0 Å². The number of alkyl halides is 1. The third kappa shape index (κ3) is 2.63. The summed E-state index contributed by atoms with van der Waals surface area (Å²) >= 11 is 12.0. The first kappa shape index (κ1) is 14.4. The topological polar surface area (TPSA) is 30.7 Å². The summed E-state index contributed by atoms with van der Waals surface area (Å²) in [6, 6.07) is 10.2. The molecule has 0 N–H and O–H groups in total. The van der Waals surface area contributed by atoms with Gasteiger partial charge in [0.05, 0.1) is 10.9 Å². The first-order chi connectivity index (χ1) is 10.1. The van der Waals surface area contributed by atoms with Crippen molar-refractivity contribution >= 4 is 34.4 Å². The molecule has 0 radical (unpaired) electrons. The lowest BCUT2D eigenvalue weighted by Gasteiger charge is -2.10. The third-order valence-corrected chi connectivity index (χ3v) is 3.92. The van der Waals surface area contributed by atoms with Crippen molar-refractivity contribution in [3.63, 3.8) is 0 Å². The van der Waals surface area contributed by atoms with Gasteiger partial charge in [0.25, 0.3) is 0 Å². The molecule has 0 amide bonds. The molecule has 21 heavy (non-hydrogen) atoms. The Morgan fingerprint density at radius 2 is 1.90 bits per heavy atom. The average molecular weight is 320 g/mol. The van der Waals surface area contributed by atoms with Crippen LogP contribution in [-0.4, -0.2) is 14.5 Å². The summed E-state index contributed by atoms with van der Waals surface area (Å²) in [5.41, 5.74) is 3.83. The highest BCUT2D eigenvalue weighted by Gasteiger charge is 2.13. The van der Waals surface area contributed by atoms with Crippen LogP contribution in [0.2, 0.25) is 5.02 Å². The van der Waals surface area contributed by atoms with Crippen molar-refractivity contribution in [1.82, 2.24) is 14.5 Å². The fraction of sp³-hybridized carbons (Fsp3) is 0.250. The SMILES string of the molecule is CC(C)c1ccc(-n2c(CCl)nc3cc(Cl)cnc32)cc1. The molecule has 2 heterocycles.